The Morgan fingerprint density at radius 2 is 2.33 bits per heavy atom. The Kier molecular flexibility index (Phi) is 3.01. The van der Waals surface area contributed by atoms with Crippen molar-refractivity contribution in [3.8, 4) is 18.1 Å². The number of rotatable bonds is 2. The lowest BCUT2D eigenvalue weighted by Gasteiger charge is -2.06. The van der Waals surface area contributed by atoms with Gasteiger partial charge in [-0.05, 0) is 19.1 Å². The van der Waals surface area contributed by atoms with E-state index in [1.54, 1.807) is 18.2 Å². The highest BCUT2D eigenvalue weighted by Crippen LogP contribution is 2.27. The molecular formula is C10H9ClO. The molecule has 0 heterocycles. The Morgan fingerprint density at radius 1 is 1.58 bits per heavy atom. The molecule has 0 unspecified atom stereocenters. The van der Waals surface area contributed by atoms with Gasteiger partial charge >= 0.3 is 0 Å². The molecule has 0 saturated carbocycles. The molecule has 0 bridgehead atoms. The summed E-state index contributed by atoms with van der Waals surface area (Å²) in [6.45, 7) is 2.46. The lowest BCUT2D eigenvalue weighted by atomic mass is 10.2. The molecule has 1 aromatic rings. The van der Waals surface area contributed by atoms with Gasteiger partial charge in [-0.25, -0.2) is 0 Å². The van der Waals surface area contributed by atoms with Crippen molar-refractivity contribution in [1.82, 2.24) is 0 Å². The zero-order valence-electron chi connectivity index (χ0n) is 6.80. The third kappa shape index (κ3) is 1.72. The van der Waals surface area contributed by atoms with Crippen molar-refractivity contribution < 1.29 is 4.74 Å². The first-order chi connectivity index (χ1) is 5.79. The fourth-order valence-corrected chi connectivity index (χ4v) is 1.14. The van der Waals surface area contributed by atoms with Crippen LogP contribution in [0, 0.1) is 12.3 Å². The maximum Gasteiger partial charge on any atom is 0.153 e. The fraction of sp³-hybridized carbons (Fsp3) is 0.200. The second kappa shape index (κ2) is 4.04. The average Bonchev–Trinajstić information content (AvgIpc) is 2.09. The minimum Gasteiger partial charge on any atom is -0.491 e. The quantitative estimate of drug-likeness (QED) is 0.636. The minimum atomic E-state index is 0.562. The van der Waals surface area contributed by atoms with E-state index in [1.165, 1.54) is 0 Å². The molecule has 0 aliphatic rings. The Balaban J connectivity index is 3.13. The van der Waals surface area contributed by atoms with Crippen molar-refractivity contribution in [2.45, 2.75) is 6.92 Å². The van der Waals surface area contributed by atoms with Gasteiger partial charge in [0.1, 0.15) is 0 Å². The van der Waals surface area contributed by atoms with Gasteiger partial charge in [0.15, 0.2) is 5.75 Å². The van der Waals surface area contributed by atoms with Crippen molar-refractivity contribution in [1.29, 1.82) is 0 Å². The standard InChI is InChI=1S/C10H9ClO/c1-3-8-6-5-7-9(11)10(8)12-4-2/h1,5-7H,4H2,2H3. The largest absolute Gasteiger partial charge is 0.491 e. The van der Waals surface area contributed by atoms with Crippen LogP contribution in [-0.2, 0) is 0 Å². The van der Waals surface area contributed by atoms with Gasteiger partial charge in [-0.1, -0.05) is 23.6 Å². The van der Waals surface area contributed by atoms with E-state index in [0.717, 1.165) is 0 Å². The van der Waals surface area contributed by atoms with Crippen LogP contribution in [0.25, 0.3) is 0 Å². The number of benzene rings is 1. The van der Waals surface area contributed by atoms with E-state index in [-0.39, 0.29) is 0 Å². The monoisotopic (exact) mass is 180 g/mol. The molecule has 1 nitrogen and oxygen atoms in total. The fourth-order valence-electron chi connectivity index (χ4n) is 0.914. The van der Waals surface area contributed by atoms with Gasteiger partial charge in [0.25, 0.3) is 0 Å². The molecule has 1 aromatic carbocycles. The summed E-state index contributed by atoms with van der Waals surface area (Å²) < 4.78 is 5.28. The molecule has 1 rings (SSSR count). The number of para-hydroxylation sites is 1. The second-order valence-electron chi connectivity index (χ2n) is 2.19. The molecule has 0 amide bonds. The summed E-state index contributed by atoms with van der Waals surface area (Å²) in [5.41, 5.74) is 0.698. The minimum absolute atomic E-state index is 0.562. The lowest BCUT2D eigenvalue weighted by molar-refractivity contribution is 0.339. The first-order valence-electron chi connectivity index (χ1n) is 3.67. The van der Waals surface area contributed by atoms with Crippen molar-refractivity contribution in [2.75, 3.05) is 6.61 Å². The maximum atomic E-state index is 5.87. The van der Waals surface area contributed by atoms with Crippen LogP contribution < -0.4 is 4.74 Å². The molecule has 0 radical (unpaired) electrons. The molecule has 0 aromatic heterocycles. The van der Waals surface area contributed by atoms with Gasteiger partial charge in [0.2, 0.25) is 0 Å². The van der Waals surface area contributed by atoms with Crippen molar-refractivity contribution >= 4 is 11.6 Å². The molecule has 2 heteroatoms. The van der Waals surface area contributed by atoms with Crippen molar-refractivity contribution in [2.24, 2.45) is 0 Å². The Hall–Kier alpha value is -1.13. The number of hydrogen-bond acceptors (Lipinski definition) is 1. The predicted octanol–water partition coefficient (Wildman–Crippen LogP) is 2.72. The molecule has 0 saturated heterocycles. The summed E-state index contributed by atoms with van der Waals surface area (Å²) in [7, 11) is 0. The van der Waals surface area contributed by atoms with Crippen LogP contribution >= 0.6 is 11.6 Å². The van der Waals surface area contributed by atoms with Gasteiger partial charge in [0, 0.05) is 0 Å². The first kappa shape index (κ1) is 8.96. The SMILES string of the molecule is C#Cc1cccc(Cl)c1OCC. The van der Waals surface area contributed by atoms with Gasteiger partial charge in [-0.2, -0.15) is 0 Å². The maximum absolute atomic E-state index is 5.87. The van der Waals surface area contributed by atoms with E-state index in [2.05, 4.69) is 5.92 Å². The van der Waals surface area contributed by atoms with Gasteiger partial charge in [-0.15, -0.1) is 6.42 Å². The van der Waals surface area contributed by atoms with Gasteiger partial charge in [-0.3, -0.25) is 0 Å². The van der Waals surface area contributed by atoms with Gasteiger partial charge < -0.3 is 4.74 Å². The molecule has 12 heavy (non-hydrogen) atoms. The van der Waals surface area contributed by atoms with Crippen molar-refractivity contribution in [3.05, 3.63) is 28.8 Å². The highest BCUT2D eigenvalue weighted by atomic mass is 35.5. The molecule has 0 fully saturated rings. The Morgan fingerprint density at radius 3 is 2.92 bits per heavy atom. The summed E-state index contributed by atoms with van der Waals surface area (Å²) >= 11 is 5.87. The zero-order chi connectivity index (χ0) is 8.97. The topological polar surface area (TPSA) is 9.23 Å². The summed E-state index contributed by atoms with van der Waals surface area (Å²) in [4.78, 5) is 0. The number of hydrogen-bond donors (Lipinski definition) is 0. The highest BCUT2D eigenvalue weighted by molar-refractivity contribution is 6.32. The number of terminal acetylenes is 1. The first-order valence-corrected chi connectivity index (χ1v) is 4.05. The van der Waals surface area contributed by atoms with Crippen LogP contribution in [0.5, 0.6) is 5.75 Å². The second-order valence-corrected chi connectivity index (χ2v) is 2.60. The summed E-state index contributed by atoms with van der Waals surface area (Å²) in [5, 5.41) is 0.562. The summed E-state index contributed by atoms with van der Waals surface area (Å²) in [5.74, 6) is 3.11. The van der Waals surface area contributed by atoms with Crippen LogP contribution in [0.15, 0.2) is 18.2 Å². The van der Waals surface area contributed by atoms with Crippen LogP contribution in [0.4, 0.5) is 0 Å². The summed E-state index contributed by atoms with van der Waals surface area (Å²) in [6, 6.07) is 5.37. The zero-order valence-corrected chi connectivity index (χ0v) is 7.56. The highest BCUT2D eigenvalue weighted by Gasteiger charge is 2.04. The van der Waals surface area contributed by atoms with Crippen LogP contribution in [0.2, 0.25) is 5.02 Å². The van der Waals surface area contributed by atoms with Crippen molar-refractivity contribution in [3.63, 3.8) is 0 Å². The van der Waals surface area contributed by atoms with Crippen LogP contribution in [-0.4, -0.2) is 6.61 Å². The van der Waals surface area contributed by atoms with Crippen LogP contribution in [0.1, 0.15) is 12.5 Å². The predicted molar refractivity (Wildman–Crippen MR) is 50.6 cm³/mol. The molecule has 0 spiro atoms. The molecule has 0 aliphatic carbocycles. The Labute approximate surface area is 77.3 Å². The smallest absolute Gasteiger partial charge is 0.153 e. The lowest BCUT2D eigenvalue weighted by Crippen LogP contribution is -1.94. The molecule has 0 atom stereocenters. The van der Waals surface area contributed by atoms with E-state index in [0.29, 0.717) is 22.9 Å². The molecular weight excluding hydrogens is 172 g/mol. The third-order valence-electron chi connectivity index (χ3n) is 1.41. The van der Waals surface area contributed by atoms with E-state index in [4.69, 9.17) is 22.8 Å². The average molecular weight is 181 g/mol. The van der Waals surface area contributed by atoms with Gasteiger partial charge in [0.05, 0.1) is 17.2 Å². The summed E-state index contributed by atoms with van der Waals surface area (Å²) in [6.07, 6.45) is 5.26. The van der Waals surface area contributed by atoms with E-state index in [9.17, 15) is 0 Å². The molecule has 0 aliphatic heterocycles. The van der Waals surface area contributed by atoms with E-state index < -0.39 is 0 Å². The van der Waals surface area contributed by atoms with E-state index >= 15 is 0 Å². The normalized spacial score (nSPS) is 9.08. The molecule has 0 N–H and O–H groups in total. The number of ether oxygens (including phenoxy) is 1. The molecule has 62 valence electrons. The van der Waals surface area contributed by atoms with E-state index in [1.807, 2.05) is 6.92 Å². The Bertz CT molecular complexity index is 312. The number of halogens is 1. The van der Waals surface area contributed by atoms with Crippen LogP contribution in [0.3, 0.4) is 0 Å². The third-order valence-corrected chi connectivity index (χ3v) is 1.71.